The molecule has 6 nitrogen and oxygen atoms in total. The van der Waals surface area contributed by atoms with E-state index < -0.39 is 0 Å². The molecule has 3 heterocycles. The first-order valence-corrected chi connectivity index (χ1v) is 8.71. The molecule has 0 spiro atoms. The summed E-state index contributed by atoms with van der Waals surface area (Å²) in [6.45, 7) is 2.06. The lowest BCUT2D eigenvalue weighted by Crippen LogP contribution is -2.30. The summed E-state index contributed by atoms with van der Waals surface area (Å²) >= 11 is 0. The molecule has 3 aromatic rings. The van der Waals surface area contributed by atoms with Gasteiger partial charge in [0.1, 0.15) is 23.0 Å². The van der Waals surface area contributed by atoms with Gasteiger partial charge in [-0.1, -0.05) is 17.3 Å². The standard InChI is InChI=1S/C20H20FN3O3/c1-25-18-6-8-22-16(20(18)26-2)12-24-9-7-17-15(11-24)19(23-27-17)13-4-3-5-14(21)10-13/h3-6,8,10H,7,9,11-12H2,1-2H3. The first kappa shape index (κ1) is 17.5. The number of nitrogens with zero attached hydrogens (tertiary/aromatic N) is 3. The topological polar surface area (TPSA) is 60.6 Å². The zero-order valence-electron chi connectivity index (χ0n) is 15.2. The second kappa shape index (κ2) is 7.36. The largest absolute Gasteiger partial charge is 0.493 e. The minimum absolute atomic E-state index is 0.290. The number of ether oxygens (including phenoxy) is 2. The highest BCUT2D eigenvalue weighted by molar-refractivity contribution is 5.63. The molecule has 0 saturated carbocycles. The van der Waals surface area contributed by atoms with E-state index in [1.54, 1.807) is 32.5 Å². The fraction of sp³-hybridized carbons (Fsp3) is 0.300. The molecule has 4 rings (SSSR count). The molecule has 1 aliphatic rings. The maximum absolute atomic E-state index is 13.6. The fourth-order valence-electron chi connectivity index (χ4n) is 3.44. The Kier molecular flexibility index (Phi) is 4.77. The summed E-state index contributed by atoms with van der Waals surface area (Å²) in [4.78, 5) is 6.70. The molecule has 0 atom stereocenters. The van der Waals surface area contributed by atoms with E-state index in [-0.39, 0.29) is 5.82 Å². The lowest BCUT2D eigenvalue weighted by molar-refractivity contribution is 0.222. The molecule has 7 heteroatoms. The molecule has 0 unspecified atom stereocenters. The summed E-state index contributed by atoms with van der Waals surface area (Å²) < 4.78 is 29.9. The summed E-state index contributed by atoms with van der Waals surface area (Å²) in [6.07, 6.45) is 2.45. The van der Waals surface area contributed by atoms with Gasteiger partial charge in [-0.15, -0.1) is 0 Å². The summed E-state index contributed by atoms with van der Waals surface area (Å²) in [7, 11) is 3.22. The van der Waals surface area contributed by atoms with E-state index in [4.69, 9.17) is 14.0 Å². The zero-order valence-corrected chi connectivity index (χ0v) is 15.2. The van der Waals surface area contributed by atoms with Crippen molar-refractivity contribution in [2.45, 2.75) is 19.5 Å². The quantitative estimate of drug-likeness (QED) is 0.687. The van der Waals surface area contributed by atoms with Crippen molar-refractivity contribution < 1.29 is 18.4 Å². The highest BCUT2D eigenvalue weighted by atomic mass is 19.1. The van der Waals surface area contributed by atoms with Crippen molar-refractivity contribution in [2.75, 3.05) is 20.8 Å². The molecule has 1 aliphatic heterocycles. The maximum atomic E-state index is 13.6. The Bertz CT molecular complexity index is 957. The third-order valence-corrected chi connectivity index (χ3v) is 4.74. The van der Waals surface area contributed by atoms with Gasteiger partial charge in [0.05, 0.1) is 14.2 Å². The van der Waals surface area contributed by atoms with Gasteiger partial charge in [-0.25, -0.2) is 4.39 Å². The van der Waals surface area contributed by atoms with Crippen molar-refractivity contribution in [3.63, 3.8) is 0 Å². The monoisotopic (exact) mass is 369 g/mol. The number of pyridine rings is 1. The molecule has 0 aliphatic carbocycles. The molecule has 0 radical (unpaired) electrons. The van der Waals surface area contributed by atoms with Crippen LogP contribution in [0.25, 0.3) is 11.3 Å². The second-order valence-corrected chi connectivity index (χ2v) is 6.40. The van der Waals surface area contributed by atoms with Gasteiger partial charge < -0.3 is 14.0 Å². The van der Waals surface area contributed by atoms with Crippen LogP contribution in [-0.2, 0) is 19.5 Å². The molecule has 0 bridgehead atoms. The number of fused-ring (bicyclic) bond motifs is 1. The van der Waals surface area contributed by atoms with Gasteiger partial charge in [0.2, 0.25) is 0 Å². The van der Waals surface area contributed by atoms with Gasteiger partial charge in [-0.05, 0) is 12.1 Å². The third-order valence-electron chi connectivity index (χ3n) is 4.74. The second-order valence-electron chi connectivity index (χ2n) is 6.40. The Morgan fingerprint density at radius 2 is 2.11 bits per heavy atom. The van der Waals surface area contributed by atoms with E-state index in [1.807, 2.05) is 6.07 Å². The number of methoxy groups -OCH3 is 2. The fourth-order valence-corrected chi connectivity index (χ4v) is 3.44. The smallest absolute Gasteiger partial charge is 0.183 e. The van der Waals surface area contributed by atoms with Crippen LogP contribution in [0.5, 0.6) is 11.5 Å². The van der Waals surface area contributed by atoms with Crippen LogP contribution in [0.3, 0.4) is 0 Å². The summed E-state index contributed by atoms with van der Waals surface area (Å²) in [5, 5.41) is 4.18. The Labute approximate surface area is 156 Å². The molecule has 27 heavy (non-hydrogen) atoms. The van der Waals surface area contributed by atoms with Gasteiger partial charge in [-0.3, -0.25) is 9.88 Å². The van der Waals surface area contributed by atoms with E-state index >= 15 is 0 Å². The van der Waals surface area contributed by atoms with E-state index in [9.17, 15) is 4.39 Å². The summed E-state index contributed by atoms with van der Waals surface area (Å²) in [6, 6.07) is 8.19. The average Bonchev–Trinajstić information content (AvgIpc) is 3.11. The van der Waals surface area contributed by atoms with Crippen LogP contribution in [-0.4, -0.2) is 35.8 Å². The van der Waals surface area contributed by atoms with Gasteiger partial charge >= 0.3 is 0 Å². The number of hydrogen-bond donors (Lipinski definition) is 0. The van der Waals surface area contributed by atoms with Crippen LogP contribution in [0, 0.1) is 5.82 Å². The number of rotatable bonds is 5. The lowest BCUT2D eigenvalue weighted by Gasteiger charge is -2.26. The third kappa shape index (κ3) is 3.38. The number of benzene rings is 1. The number of aromatic nitrogens is 2. The normalized spacial score (nSPS) is 14.0. The van der Waals surface area contributed by atoms with Crippen molar-refractivity contribution in [3.8, 4) is 22.8 Å². The predicted molar refractivity (Wildman–Crippen MR) is 97.1 cm³/mol. The van der Waals surface area contributed by atoms with E-state index in [0.29, 0.717) is 30.3 Å². The van der Waals surface area contributed by atoms with Crippen LogP contribution in [0.4, 0.5) is 4.39 Å². The summed E-state index contributed by atoms with van der Waals surface area (Å²) in [5.41, 5.74) is 3.22. The zero-order chi connectivity index (χ0) is 18.8. The van der Waals surface area contributed by atoms with E-state index in [0.717, 1.165) is 35.5 Å². The first-order valence-electron chi connectivity index (χ1n) is 8.71. The Morgan fingerprint density at radius 1 is 1.22 bits per heavy atom. The van der Waals surface area contributed by atoms with Crippen molar-refractivity contribution in [1.29, 1.82) is 0 Å². The Hall–Kier alpha value is -2.93. The van der Waals surface area contributed by atoms with Crippen LogP contribution in [0.2, 0.25) is 0 Å². The van der Waals surface area contributed by atoms with Crippen molar-refractivity contribution in [2.24, 2.45) is 0 Å². The number of halogens is 1. The molecular weight excluding hydrogens is 349 g/mol. The van der Waals surface area contributed by atoms with Crippen molar-refractivity contribution >= 4 is 0 Å². The SMILES string of the molecule is COc1ccnc(CN2CCc3onc(-c4cccc(F)c4)c3C2)c1OC. The molecular formula is C20H20FN3O3. The molecule has 1 aromatic carbocycles. The van der Waals surface area contributed by atoms with Crippen LogP contribution in [0.1, 0.15) is 17.0 Å². The molecule has 0 fully saturated rings. The van der Waals surface area contributed by atoms with Gasteiger partial charge in [0.15, 0.2) is 11.5 Å². The summed E-state index contributed by atoms with van der Waals surface area (Å²) in [5.74, 6) is 1.87. The molecule has 140 valence electrons. The highest BCUT2D eigenvalue weighted by Crippen LogP contribution is 2.33. The van der Waals surface area contributed by atoms with Crippen LogP contribution in [0.15, 0.2) is 41.1 Å². The Balaban J connectivity index is 1.60. The van der Waals surface area contributed by atoms with Crippen LogP contribution < -0.4 is 9.47 Å². The molecule has 0 saturated heterocycles. The minimum Gasteiger partial charge on any atom is -0.493 e. The first-order chi connectivity index (χ1) is 13.2. The molecule has 2 aromatic heterocycles. The maximum Gasteiger partial charge on any atom is 0.183 e. The van der Waals surface area contributed by atoms with Gasteiger partial charge in [0.25, 0.3) is 0 Å². The van der Waals surface area contributed by atoms with Gasteiger partial charge in [-0.2, -0.15) is 0 Å². The van der Waals surface area contributed by atoms with Gasteiger partial charge in [0, 0.05) is 49.4 Å². The van der Waals surface area contributed by atoms with Crippen molar-refractivity contribution in [3.05, 3.63) is 59.4 Å². The molecule has 0 N–H and O–H groups in total. The molecule has 0 amide bonds. The average molecular weight is 369 g/mol. The van der Waals surface area contributed by atoms with E-state index in [1.165, 1.54) is 12.1 Å². The van der Waals surface area contributed by atoms with Crippen molar-refractivity contribution in [1.82, 2.24) is 15.0 Å². The van der Waals surface area contributed by atoms with E-state index in [2.05, 4.69) is 15.0 Å². The Morgan fingerprint density at radius 3 is 2.89 bits per heavy atom. The van der Waals surface area contributed by atoms with Crippen LogP contribution >= 0.6 is 0 Å². The number of hydrogen-bond acceptors (Lipinski definition) is 6. The predicted octanol–water partition coefficient (Wildman–Crippen LogP) is 3.45. The lowest BCUT2D eigenvalue weighted by atomic mass is 10.0. The highest BCUT2D eigenvalue weighted by Gasteiger charge is 2.26. The minimum atomic E-state index is -0.290.